The van der Waals surface area contributed by atoms with Crippen molar-refractivity contribution in [1.82, 2.24) is 4.90 Å². The normalized spacial score (nSPS) is 22.9. The fraction of sp³-hybridized carbons (Fsp3) is 0.562. The van der Waals surface area contributed by atoms with Crippen LogP contribution in [0.4, 0.5) is 0 Å². The van der Waals surface area contributed by atoms with Gasteiger partial charge in [-0.3, -0.25) is 9.69 Å². The Morgan fingerprint density at radius 2 is 2.00 bits per heavy atom. The molecular weight excluding hydrogens is 254 g/mol. The van der Waals surface area contributed by atoms with Crippen LogP contribution in [0.2, 0.25) is 0 Å². The highest BCUT2D eigenvalue weighted by molar-refractivity contribution is 6.00. The van der Waals surface area contributed by atoms with Gasteiger partial charge in [0.2, 0.25) is 0 Å². The van der Waals surface area contributed by atoms with Gasteiger partial charge in [-0.05, 0) is 37.9 Å². The highest BCUT2D eigenvalue weighted by Gasteiger charge is 2.26. The predicted octanol–water partition coefficient (Wildman–Crippen LogP) is 2.79. The largest absolute Gasteiger partial charge is 0.508 e. The molecule has 0 aliphatic heterocycles. The number of Topliss-reactive ketones (excluding diaryl/α,β-unsaturated/α-hetero) is 1. The Hall–Kier alpha value is -1.55. The monoisotopic (exact) mass is 277 g/mol. The number of ketones is 1. The number of aromatic hydroxyl groups is 2. The summed E-state index contributed by atoms with van der Waals surface area (Å²) in [6.07, 6.45) is 4.84. The molecule has 1 aliphatic rings. The zero-order chi connectivity index (χ0) is 14.7. The van der Waals surface area contributed by atoms with Crippen molar-refractivity contribution in [3.63, 3.8) is 0 Å². The summed E-state index contributed by atoms with van der Waals surface area (Å²) in [5, 5.41) is 19.0. The molecular formula is C16H23NO3. The Labute approximate surface area is 120 Å². The van der Waals surface area contributed by atoms with Crippen LogP contribution in [-0.2, 0) is 0 Å². The van der Waals surface area contributed by atoms with Crippen LogP contribution >= 0.6 is 0 Å². The number of nitrogens with zero attached hydrogens (tertiary/aromatic N) is 1. The highest BCUT2D eigenvalue weighted by Crippen LogP contribution is 2.28. The molecule has 4 nitrogen and oxygen atoms in total. The third kappa shape index (κ3) is 3.31. The van der Waals surface area contributed by atoms with Gasteiger partial charge in [-0.2, -0.15) is 0 Å². The Balaban J connectivity index is 2.03. The summed E-state index contributed by atoms with van der Waals surface area (Å²) in [5.41, 5.74) is 0.276. The summed E-state index contributed by atoms with van der Waals surface area (Å²) < 4.78 is 0. The minimum absolute atomic E-state index is 0.0340. The summed E-state index contributed by atoms with van der Waals surface area (Å²) in [7, 11) is 1.97. The second kappa shape index (κ2) is 6.27. The molecule has 1 aromatic rings. The van der Waals surface area contributed by atoms with Crippen molar-refractivity contribution >= 4 is 5.78 Å². The fourth-order valence-electron chi connectivity index (χ4n) is 3.14. The lowest BCUT2D eigenvalue weighted by atomic mass is 9.85. The summed E-state index contributed by atoms with van der Waals surface area (Å²) in [6, 6.07) is 4.55. The maximum Gasteiger partial charge on any atom is 0.180 e. The van der Waals surface area contributed by atoms with Gasteiger partial charge in [-0.25, -0.2) is 0 Å². The lowest BCUT2D eigenvalue weighted by molar-refractivity contribution is 0.0848. The molecule has 1 fully saturated rings. The topological polar surface area (TPSA) is 60.8 Å². The molecule has 4 heteroatoms. The van der Waals surface area contributed by atoms with Crippen LogP contribution in [0.25, 0.3) is 0 Å². The number of carbonyl (C=O) groups is 1. The molecule has 0 bridgehead atoms. The second-order valence-electron chi connectivity index (χ2n) is 5.87. The minimum Gasteiger partial charge on any atom is -0.508 e. The average Bonchev–Trinajstić information content (AvgIpc) is 2.38. The van der Waals surface area contributed by atoms with Crippen LogP contribution in [0.15, 0.2) is 18.2 Å². The molecule has 0 amide bonds. The standard InChI is InChI=1S/C16H23NO3/c1-11-5-3-4-6-14(11)17(2)10-16(20)13-8-7-12(18)9-15(13)19/h7-9,11,14,18-19H,3-6,10H2,1-2H3. The molecule has 0 radical (unpaired) electrons. The molecule has 1 saturated carbocycles. The molecule has 0 heterocycles. The molecule has 1 aromatic carbocycles. The number of hydrogen-bond donors (Lipinski definition) is 2. The molecule has 2 unspecified atom stereocenters. The van der Waals surface area contributed by atoms with E-state index in [4.69, 9.17) is 0 Å². The molecule has 0 spiro atoms. The first kappa shape index (κ1) is 14.9. The molecule has 2 rings (SSSR count). The van der Waals surface area contributed by atoms with E-state index in [1.54, 1.807) is 0 Å². The molecule has 2 atom stereocenters. The van der Waals surface area contributed by atoms with Crippen LogP contribution in [0, 0.1) is 5.92 Å². The van der Waals surface area contributed by atoms with E-state index in [1.807, 2.05) is 7.05 Å². The Bertz CT molecular complexity index is 487. The number of phenolic OH excluding ortho intramolecular Hbond substituents is 2. The van der Waals surface area contributed by atoms with E-state index in [1.165, 1.54) is 37.5 Å². The van der Waals surface area contributed by atoms with Crippen molar-refractivity contribution in [2.75, 3.05) is 13.6 Å². The van der Waals surface area contributed by atoms with Crippen LogP contribution in [-0.4, -0.2) is 40.5 Å². The van der Waals surface area contributed by atoms with Crippen molar-refractivity contribution in [2.24, 2.45) is 5.92 Å². The average molecular weight is 277 g/mol. The molecule has 0 saturated heterocycles. The first-order valence-electron chi connectivity index (χ1n) is 7.24. The zero-order valence-corrected chi connectivity index (χ0v) is 12.2. The number of phenols is 2. The molecule has 2 N–H and O–H groups in total. The quantitative estimate of drug-likeness (QED) is 0.831. The summed E-state index contributed by atoms with van der Waals surface area (Å²) >= 11 is 0. The number of carbonyl (C=O) groups excluding carboxylic acids is 1. The van der Waals surface area contributed by atoms with Crippen molar-refractivity contribution in [2.45, 2.75) is 38.6 Å². The fourth-order valence-corrected chi connectivity index (χ4v) is 3.14. The summed E-state index contributed by atoms with van der Waals surface area (Å²) in [5.74, 6) is 0.311. The number of likely N-dealkylation sites (N-methyl/N-ethyl adjacent to an activating group) is 1. The van der Waals surface area contributed by atoms with Gasteiger partial charge in [0.25, 0.3) is 0 Å². The van der Waals surface area contributed by atoms with Crippen molar-refractivity contribution in [3.05, 3.63) is 23.8 Å². The maximum atomic E-state index is 12.3. The smallest absolute Gasteiger partial charge is 0.180 e. The van der Waals surface area contributed by atoms with Gasteiger partial charge in [0.15, 0.2) is 5.78 Å². The van der Waals surface area contributed by atoms with E-state index in [9.17, 15) is 15.0 Å². The third-order valence-electron chi connectivity index (χ3n) is 4.31. The van der Waals surface area contributed by atoms with Gasteiger partial charge in [0, 0.05) is 12.1 Å². The van der Waals surface area contributed by atoms with Crippen LogP contribution < -0.4 is 0 Å². The maximum absolute atomic E-state index is 12.3. The van der Waals surface area contributed by atoms with Crippen molar-refractivity contribution in [3.8, 4) is 11.5 Å². The number of hydrogen-bond acceptors (Lipinski definition) is 4. The van der Waals surface area contributed by atoms with Crippen LogP contribution in [0.3, 0.4) is 0 Å². The van der Waals surface area contributed by atoms with E-state index < -0.39 is 0 Å². The van der Waals surface area contributed by atoms with E-state index in [0.717, 1.165) is 6.42 Å². The predicted molar refractivity (Wildman–Crippen MR) is 78.2 cm³/mol. The summed E-state index contributed by atoms with van der Waals surface area (Å²) in [6.45, 7) is 2.54. The van der Waals surface area contributed by atoms with Gasteiger partial charge < -0.3 is 10.2 Å². The van der Waals surface area contributed by atoms with Gasteiger partial charge >= 0.3 is 0 Å². The number of rotatable bonds is 4. The highest BCUT2D eigenvalue weighted by atomic mass is 16.3. The van der Waals surface area contributed by atoms with E-state index in [0.29, 0.717) is 18.5 Å². The second-order valence-corrected chi connectivity index (χ2v) is 5.87. The SMILES string of the molecule is CC1CCCCC1N(C)CC(=O)c1ccc(O)cc1O. The van der Waals surface area contributed by atoms with Crippen molar-refractivity contribution < 1.29 is 15.0 Å². The lowest BCUT2D eigenvalue weighted by Gasteiger charge is -2.35. The van der Waals surface area contributed by atoms with Gasteiger partial charge in [0.05, 0.1) is 12.1 Å². The molecule has 110 valence electrons. The molecule has 1 aliphatic carbocycles. The number of benzene rings is 1. The van der Waals surface area contributed by atoms with Crippen LogP contribution in [0.1, 0.15) is 43.0 Å². The van der Waals surface area contributed by atoms with Crippen LogP contribution in [0.5, 0.6) is 11.5 Å². The third-order valence-corrected chi connectivity index (χ3v) is 4.31. The molecule has 20 heavy (non-hydrogen) atoms. The lowest BCUT2D eigenvalue weighted by Crippen LogP contribution is -2.41. The van der Waals surface area contributed by atoms with E-state index in [2.05, 4.69) is 11.8 Å². The van der Waals surface area contributed by atoms with E-state index >= 15 is 0 Å². The molecule has 0 aromatic heterocycles. The van der Waals surface area contributed by atoms with Gasteiger partial charge in [0.1, 0.15) is 11.5 Å². The first-order chi connectivity index (χ1) is 9.49. The summed E-state index contributed by atoms with van der Waals surface area (Å²) in [4.78, 5) is 14.3. The van der Waals surface area contributed by atoms with Gasteiger partial charge in [-0.1, -0.05) is 19.8 Å². The van der Waals surface area contributed by atoms with Gasteiger partial charge in [-0.15, -0.1) is 0 Å². The zero-order valence-electron chi connectivity index (χ0n) is 12.2. The first-order valence-corrected chi connectivity index (χ1v) is 7.24. The van der Waals surface area contributed by atoms with E-state index in [-0.39, 0.29) is 22.8 Å². The Morgan fingerprint density at radius 1 is 1.30 bits per heavy atom. The van der Waals surface area contributed by atoms with Crippen molar-refractivity contribution in [1.29, 1.82) is 0 Å². The minimum atomic E-state index is -0.153. The Morgan fingerprint density at radius 3 is 2.65 bits per heavy atom. The Kier molecular flexibility index (Phi) is 4.65.